The maximum Gasteiger partial charge on any atom is 0.299 e. The molecule has 0 atom stereocenters. The van der Waals surface area contributed by atoms with E-state index in [0.29, 0.717) is 0 Å². The number of nitrogen functional groups attached to an aromatic ring is 1. The molecule has 0 aliphatic heterocycles. The van der Waals surface area contributed by atoms with Crippen molar-refractivity contribution in [2.24, 2.45) is 0 Å². The predicted molar refractivity (Wildman–Crippen MR) is 59.5 cm³/mol. The molecule has 0 saturated heterocycles. The van der Waals surface area contributed by atoms with Crippen LogP contribution in [0.2, 0.25) is 0 Å². The third-order valence-electron chi connectivity index (χ3n) is 2.15. The molecule has 5 nitrogen and oxygen atoms in total. The lowest BCUT2D eigenvalue weighted by Crippen LogP contribution is -2.31. The van der Waals surface area contributed by atoms with Crippen molar-refractivity contribution in [3.63, 3.8) is 0 Å². The van der Waals surface area contributed by atoms with E-state index in [1.165, 1.54) is 12.1 Å². The largest absolute Gasteiger partial charge is 0.396 e. The molecular weight excluding hydrogens is 233 g/mol. The summed E-state index contributed by atoms with van der Waals surface area (Å²) < 4.78 is 40.5. The number of halogens is 1. The average molecular weight is 245 g/mol. The molecule has 1 fully saturated rings. The molecule has 4 N–H and O–H groups in total. The number of benzene rings is 1. The second-order valence-corrected chi connectivity index (χ2v) is 5.18. The first-order chi connectivity index (χ1) is 7.46. The molecule has 1 aliphatic rings. The van der Waals surface area contributed by atoms with E-state index in [-0.39, 0.29) is 17.4 Å². The second-order valence-electron chi connectivity index (χ2n) is 3.73. The highest BCUT2D eigenvalue weighted by molar-refractivity contribution is 7.90. The van der Waals surface area contributed by atoms with Gasteiger partial charge in [-0.25, -0.2) is 4.39 Å². The van der Waals surface area contributed by atoms with Crippen molar-refractivity contribution in [2.75, 3.05) is 10.5 Å². The number of hydrogen-bond donors (Lipinski definition) is 3. The standard InChI is InChI=1S/C9H12FN3O2S/c10-8-4-3-7(5-9(8)11)13-16(14,15)12-6-1-2-6/h3-6,12-13H,1-2,11H2. The summed E-state index contributed by atoms with van der Waals surface area (Å²) in [5.74, 6) is -0.571. The lowest BCUT2D eigenvalue weighted by atomic mass is 10.3. The van der Waals surface area contributed by atoms with Crippen LogP contribution in [0.3, 0.4) is 0 Å². The summed E-state index contributed by atoms with van der Waals surface area (Å²) in [5, 5.41) is 0. The van der Waals surface area contributed by atoms with Gasteiger partial charge in [-0.3, -0.25) is 4.72 Å². The SMILES string of the molecule is Nc1cc(NS(=O)(=O)NC2CC2)ccc1F. The summed E-state index contributed by atoms with van der Waals surface area (Å²) in [6.45, 7) is 0. The highest BCUT2D eigenvalue weighted by Crippen LogP contribution is 2.21. The van der Waals surface area contributed by atoms with Crippen LogP contribution in [-0.2, 0) is 10.2 Å². The highest BCUT2D eigenvalue weighted by atomic mass is 32.2. The van der Waals surface area contributed by atoms with Crippen molar-refractivity contribution in [1.82, 2.24) is 4.72 Å². The molecule has 1 aromatic carbocycles. The normalized spacial score (nSPS) is 16.1. The van der Waals surface area contributed by atoms with E-state index in [0.717, 1.165) is 18.9 Å². The number of anilines is 2. The quantitative estimate of drug-likeness (QED) is 0.686. The third-order valence-corrected chi connectivity index (χ3v) is 3.30. The first-order valence-corrected chi connectivity index (χ1v) is 6.30. The molecule has 0 amide bonds. The molecule has 0 unspecified atom stereocenters. The van der Waals surface area contributed by atoms with Gasteiger partial charge < -0.3 is 5.73 Å². The maximum absolute atomic E-state index is 12.8. The fourth-order valence-electron chi connectivity index (χ4n) is 1.21. The van der Waals surface area contributed by atoms with Crippen LogP contribution in [0.15, 0.2) is 18.2 Å². The molecule has 0 radical (unpaired) electrons. The van der Waals surface area contributed by atoms with Gasteiger partial charge in [-0.15, -0.1) is 0 Å². The Morgan fingerprint density at radius 1 is 1.38 bits per heavy atom. The minimum absolute atomic E-state index is 0.0234. The fraction of sp³-hybridized carbons (Fsp3) is 0.333. The lowest BCUT2D eigenvalue weighted by Gasteiger charge is -2.09. The number of rotatable bonds is 4. The molecule has 7 heteroatoms. The second kappa shape index (κ2) is 3.91. The zero-order chi connectivity index (χ0) is 11.8. The predicted octanol–water partition coefficient (Wildman–Crippen LogP) is 0.817. The van der Waals surface area contributed by atoms with Crippen LogP contribution in [0.5, 0.6) is 0 Å². The molecule has 0 heterocycles. The number of nitrogens with one attached hydrogen (secondary N) is 2. The van der Waals surface area contributed by atoms with E-state index in [4.69, 9.17) is 5.73 Å². The average Bonchev–Trinajstić information content (AvgIpc) is 2.94. The molecule has 1 aliphatic carbocycles. The van der Waals surface area contributed by atoms with Gasteiger partial charge in [0.1, 0.15) is 5.82 Å². The monoisotopic (exact) mass is 245 g/mol. The van der Waals surface area contributed by atoms with Crippen LogP contribution in [0.4, 0.5) is 15.8 Å². The van der Waals surface area contributed by atoms with Crippen LogP contribution in [0.1, 0.15) is 12.8 Å². The van der Waals surface area contributed by atoms with Gasteiger partial charge in [-0.2, -0.15) is 13.1 Å². The fourth-order valence-corrected chi connectivity index (χ4v) is 2.38. The number of hydrogen-bond acceptors (Lipinski definition) is 3. The van der Waals surface area contributed by atoms with Crippen molar-refractivity contribution >= 4 is 21.6 Å². The van der Waals surface area contributed by atoms with Crippen molar-refractivity contribution < 1.29 is 12.8 Å². The van der Waals surface area contributed by atoms with Gasteiger partial charge in [0.15, 0.2) is 0 Å². The Morgan fingerprint density at radius 2 is 2.06 bits per heavy atom. The Bertz CT molecular complexity index is 499. The minimum atomic E-state index is -3.58. The Labute approximate surface area is 93.0 Å². The van der Waals surface area contributed by atoms with Gasteiger partial charge in [0.05, 0.1) is 11.4 Å². The molecule has 0 spiro atoms. The van der Waals surface area contributed by atoms with Gasteiger partial charge in [0, 0.05) is 6.04 Å². The zero-order valence-electron chi connectivity index (χ0n) is 8.40. The van der Waals surface area contributed by atoms with Crippen LogP contribution in [0.25, 0.3) is 0 Å². The molecule has 2 rings (SSSR count). The molecule has 0 bridgehead atoms. The van der Waals surface area contributed by atoms with E-state index in [2.05, 4.69) is 9.44 Å². The van der Waals surface area contributed by atoms with Gasteiger partial charge in [0.2, 0.25) is 0 Å². The smallest absolute Gasteiger partial charge is 0.299 e. The van der Waals surface area contributed by atoms with Crippen LogP contribution < -0.4 is 15.2 Å². The Balaban J connectivity index is 2.10. The Kier molecular flexibility index (Phi) is 2.73. The van der Waals surface area contributed by atoms with Gasteiger partial charge in [-0.1, -0.05) is 0 Å². The Hall–Kier alpha value is -1.34. The third kappa shape index (κ3) is 2.83. The van der Waals surface area contributed by atoms with Crippen LogP contribution >= 0.6 is 0 Å². The van der Waals surface area contributed by atoms with Crippen LogP contribution in [-0.4, -0.2) is 14.5 Å². The first-order valence-electron chi connectivity index (χ1n) is 4.81. The van der Waals surface area contributed by atoms with E-state index in [1.54, 1.807) is 0 Å². The van der Waals surface area contributed by atoms with Gasteiger partial charge >= 0.3 is 0 Å². The summed E-state index contributed by atoms with van der Waals surface area (Å²) >= 11 is 0. The van der Waals surface area contributed by atoms with E-state index < -0.39 is 16.0 Å². The van der Waals surface area contributed by atoms with Crippen molar-refractivity contribution in [1.29, 1.82) is 0 Å². The molecule has 0 aromatic heterocycles. The summed E-state index contributed by atoms with van der Waals surface area (Å²) in [5.41, 5.74) is 5.47. The topological polar surface area (TPSA) is 84.2 Å². The maximum atomic E-state index is 12.8. The van der Waals surface area contributed by atoms with Crippen molar-refractivity contribution in [3.05, 3.63) is 24.0 Å². The van der Waals surface area contributed by atoms with Gasteiger partial charge in [0.25, 0.3) is 10.2 Å². The van der Waals surface area contributed by atoms with Gasteiger partial charge in [-0.05, 0) is 31.0 Å². The molecule has 1 aromatic rings. The summed E-state index contributed by atoms with van der Waals surface area (Å²) in [6.07, 6.45) is 1.71. The Morgan fingerprint density at radius 3 is 2.62 bits per heavy atom. The molecular formula is C9H12FN3O2S. The zero-order valence-corrected chi connectivity index (χ0v) is 9.22. The van der Waals surface area contributed by atoms with Crippen molar-refractivity contribution in [3.8, 4) is 0 Å². The number of nitrogens with two attached hydrogens (primary N) is 1. The van der Waals surface area contributed by atoms with Crippen LogP contribution in [0, 0.1) is 5.82 Å². The molecule has 16 heavy (non-hydrogen) atoms. The van der Waals surface area contributed by atoms with E-state index >= 15 is 0 Å². The first kappa shape index (κ1) is 11.2. The molecule has 1 saturated carbocycles. The lowest BCUT2D eigenvalue weighted by molar-refractivity contribution is 0.586. The summed E-state index contributed by atoms with van der Waals surface area (Å²) in [6, 6.07) is 3.69. The summed E-state index contributed by atoms with van der Waals surface area (Å²) in [7, 11) is -3.58. The summed E-state index contributed by atoms with van der Waals surface area (Å²) in [4.78, 5) is 0. The van der Waals surface area contributed by atoms with E-state index in [9.17, 15) is 12.8 Å². The molecule has 88 valence electrons. The highest BCUT2D eigenvalue weighted by Gasteiger charge is 2.26. The minimum Gasteiger partial charge on any atom is -0.396 e. The van der Waals surface area contributed by atoms with E-state index in [1.807, 2.05) is 0 Å². The van der Waals surface area contributed by atoms with Crippen molar-refractivity contribution in [2.45, 2.75) is 18.9 Å².